The Labute approximate surface area is 214 Å². The van der Waals surface area contributed by atoms with Crippen molar-refractivity contribution in [3.05, 3.63) is 64.4 Å². The van der Waals surface area contributed by atoms with E-state index in [1.54, 1.807) is 49.6 Å². The minimum absolute atomic E-state index is 0.0701. The highest BCUT2D eigenvalue weighted by Gasteiger charge is 2.26. The molecule has 2 amide bonds. The van der Waals surface area contributed by atoms with Crippen LogP contribution in [0.4, 0.5) is 5.69 Å². The maximum Gasteiger partial charge on any atom is 0.251 e. The van der Waals surface area contributed by atoms with Gasteiger partial charge in [0.2, 0.25) is 5.91 Å². The summed E-state index contributed by atoms with van der Waals surface area (Å²) in [4.78, 5) is 25.4. The topological polar surface area (TPSA) is 98.1 Å². The van der Waals surface area contributed by atoms with Gasteiger partial charge in [-0.1, -0.05) is 37.2 Å². The molecule has 0 bridgehead atoms. The highest BCUT2D eigenvalue weighted by Crippen LogP contribution is 2.26. The summed E-state index contributed by atoms with van der Waals surface area (Å²) in [5, 5.41) is 15.9. The number of hydrogen-bond acceptors (Lipinski definition) is 6. The molecule has 0 aliphatic carbocycles. The number of hydrogen-bond donors (Lipinski definition) is 2. The van der Waals surface area contributed by atoms with E-state index in [1.807, 2.05) is 32.3 Å². The first-order chi connectivity index (χ1) is 16.7. The number of carbonyl (C=O) groups excluding carboxylic acids is 2. The zero-order chi connectivity index (χ0) is 25.5. The van der Waals surface area contributed by atoms with Gasteiger partial charge >= 0.3 is 0 Å². The molecule has 2 N–H and O–H groups in total. The van der Waals surface area contributed by atoms with Gasteiger partial charge in [0.05, 0.1) is 18.9 Å². The Morgan fingerprint density at radius 2 is 1.86 bits per heavy atom. The van der Waals surface area contributed by atoms with Crippen LogP contribution < -0.4 is 15.4 Å². The summed E-state index contributed by atoms with van der Waals surface area (Å²) >= 11 is 7.29. The monoisotopic (exact) mass is 515 g/mol. The number of halogens is 1. The predicted octanol–water partition coefficient (Wildman–Crippen LogP) is 5.13. The van der Waals surface area contributed by atoms with Gasteiger partial charge in [-0.3, -0.25) is 9.59 Å². The quantitative estimate of drug-likeness (QED) is 0.363. The summed E-state index contributed by atoms with van der Waals surface area (Å²) < 4.78 is 7.10. The van der Waals surface area contributed by atoms with Crippen LogP contribution in [0, 0.1) is 12.8 Å². The van der Waals surface area contributed by atoms with E-state index < -0.39 is 0 Å². The van der Waals surface area contributed by atoms with Crippen LogP contribution in [-0.4, -0.2) is 39.4 Å². The summed E-state index contributed by atoms with van der Waals surface area (Å²) in [5.41, 5.74) is 2.14. The van der Waals surface area contributed by atoms with Gasteiger partial charge in [0.25, 0.3) is 5.91 Å². The highest BCUT2D eigenvalue weighted by molar-refractivity contribution is 7.99. The first-order valence-corrected chi connectivity index (χ1v) is 12.7. The van der Waals surface area contributed by atoms with Gasteiger partial charge < -0.3 is 19.9 Å². The van der Waals surface area contributed by atoms with Crippen LogP contribution >= 0.6 is 23.4 Å². The number of nitrogens with one attached hydrogen (secondary N) is 2. The molecule has 1 heterocycles. The molecule has 1 atom stereocenters. The third-order valence-corrected chi connectivity index (χ3v) is 6.64. The number of carbonyl (C=O) groups is 2. The van der Waals surface area contributed by atoms with Crippen molar-refractivity contribution in [3.8, 4) is 5.75 Å². The second-order valence-electron chi connectivity index (χ2n) is 8.30. The lowest BCUT2D eigenvalue weighted by atomic mass is 10.0. The van der Waals surface area contributed by atoms with Crippen molar-refractivity contribution in [2.24, 2.45) is 5.92 Å². The Morgan fingerprint density at radius 3 is 2.46 bits per heavy atom. The number of ether oxygens (including phenoxy) is 1. The predicted molar refractivity (Wildman–Crippen MR) is 139 cm³/mol. The molecule has 0 aliphatic heterocycles. The van der Waals surface area contributed by atoms with E-state index in [-0.39, 0.29) is 29.5 Å². The van der Waals surface area contributed by atoms with Crippen LogP contribution in [0.2, 0.25) is 5.02 Å². The molecule has 8 nitrogen and oxygen atoms in total. The van der Waals surface area contributed by atoms with Crippen LogP contribution in [0.1, 0.15) is 48.6 Å². The van der Waals surface area contributed by atoms with Gasteiger partial charge in [-0.25, -0.2) is 0 Å². The smallest absolute Gasteiger partial charge is 0.251 e. The lowest BCUT2D eigenvalue weighted by Crippen LogP contribution is -2.33. The number of anilines is 1. The molecule has 3 rings (SSSR count). The Kier molecular flexibility index (Phi) is 9.17. The van der Waals surface area contributed by atoms with Gasteiger partial charge in [0.15, 0.2) is 11.0 Å². The van der Waals surface area contributed by atoms with Crippen LogP contribution in [0.3, 0.4) is 0 Å². The van der Waals surface area contributed by atoms with E-state index in [0.717, 1.165) is 11.3 Å². The number of methoxy groups -OCH3 is 1. The Hall–Kier alpha value is -3.04. The van der Waals surface area contributed by atoms with E-state index in [0.29, 0.717) is 33.9 Å². The fraction of sp³-hybridized carbons (Fsp3) is 0.360. The Balaban J connectivity index is 1.70. The van der Waals surface area contributed by atoms with Crippen molar-refractivity contribution in [1.82, 2.24) is 20.1 Å². The number of amides is 2. The number of benzene rings is 2. The first-order valence-electron chi connectivity index (χ1n) is 11.3. The molecular weight excluding hydrogens is 486 g/mol. The fourth-order valence-electron chi connectivity index (χ4n) is 3.51. The minimum Gasteiger partial charge on any atom is -0.497 e. The van der Waals surface area contributed by atoms with Crippen LogP contribution in [0.25, 0.3) is 0 Å². The summed E-state index contributed by atoms with van der Waals surface area (Å²) in [5.74, 6) is 1.22. The van der Waals surface area contributed by atoms with Gasteiger partial charge in [0, 0.05) is 22.8 Å². The summed E-state index contributed by atoms with van der Waals surface area (Å²) in [7, 11) is 1.58. The molecule has 0 radical (unpaired) electrons. The number of thioether (sulfide) groups is 1. The first kappa shape index (κ1) is 26.6. The van der Waals surface area contributed by atoms with Crippen molar-refractivity contribution < 1.29 is 14.3 Å². The van der Waals surface area contributed by atoms with Gasteiger partial charge in [-0.15, -0.1) is 10.2 Å². The number of rotatable bonds is 10. The molecule has 0 spiro atoms. The summed E-state index contributed by atoms with van der Waals surface area (Å²) in [6.07, 6.45) is 0. The lowest BCUT2D eigenvalue weighted by Gasteiger charge is -2.22. The Morgan fingerprint density at radius 1 is 1.14 bits per heavy atom. The second kappa shape index (κ2) is 12.1. The molecule has 0 fully saturated rings. The maximum absolute atomic E-state index is 12.9. The third kappa shape index (κ3) is 6.76. The molecule has 0 aliphatic rings. The van der Waals surface area contributed by atoms with E-state index in [9.17, 15) is 9.59 Å². The third-order valence-electron chi connectivity index (χ3n) is 5.44. The number of aryl methyl sites for hydroxylation is 1. The van der Waals surface area contributed by atoms with E-state index >= 15 is 0 Å². The fourth-order valence-corrected chi connectivity index (χ4v) is 4.55. The normalized spacial score (nSPS) is 11.9. The molecule has 1 aromatic heterocycles. The molecule has 186 valence electrons. The van der Waals surface area contributed by atoms with Gasteiger partial charge in [-0.2, -0.15) is 0 Å². The molecule has 3 aromatic rings. The zero-order valence-corrected chi connectivity index (χ0v) is 22.0. The van der Waals surface area contributed by atoms with Crippen LogP contribution in [0.15, 0.2) is 47.6 Å². The molecule has 10 heteroatoms. The molecule has 0 saturated heterocycles. The van der Waals surface area contributed by atoms with Crippen molar-refractivity contribution in [3.63, 3.8) is 0 Å². The SMILES string of the molecule is CCn1c(SCC(=O)Nc2ccc(Cl)cc2C)nnc1[C@@H](NC(=O)c1ccc(OC)cc1)C(C)C. The van der Waals surface area contributed by atoms with E-state index in [2.05, 4.69) is 20.8 Å². The summed E-state index contributed by atoms with van der Waals surface area (Å²) in [6, 6.07) is 11.9. The molecule has 2 aromatic carbocycles. The standard InChI is InChI=1S/C25H30ClN5O3S/c1-6-31-23(22(15(2)3)28-24(33)17-7-10-19(34-5)11-8-17)29-30-25(31)35-14-21(32)27-20-12-9-18(26)13-16(20)4/h7-13,15,22H,6,14H2,1-5H3,(H,27,32)(H,28,33)/t22-/m0/s1. The van der Waals surface area contributed by atoms with Crippen LogP contribution in [-0.2, 0) is 11.3 Å². The lowest BCUT2D eigenvalue weighted by molar-refractivity contribution is -0.113. The zero-order valence-electron chi connectivity index (χ0n) is 20.5. The van der Waals surface area contributed by atoms with Crippen molar-refractivity contribution >= 4 is 40.9 Å². The average Bonchev–Trinajstić information content (AvgIpc) is 3.25. The van der Waals surface area contributed by atoms with Crippen molar-refractivity contribution in [2.75, 3.05) is 18.2 Å². The Bertz CT molecular complexity index is 1180. The maximum atomic E-state index is 12.9. The van der Waals surface area contributed by atoms with Crippen molar-refractivity contribution in [1.29, 1.82) is 0 Å². The molecular formula is C25H30ClN5O3S. The number of aromatic nitrogens is 3. The molecule has 35 heavy (non-hydrogen) atoms. The molecule has 0 unspecified atom stereocenters. The highest BCUT2D eigenvalue weighted by atomic mass is 35.5. The van der Waals surface area contributed by atoms with Crippen molar-refractivity contribution in [2.45, 2.75) is 45.4 Å². The summed E-state index contributed by atoms with van der Waals surface area (Å²) in [6.45, 7) is 8.51. The second-order valence-corrected chi connectivity index (χ2v) is 9.68. The average molecular weight is 516 g/mol. The van der Waals surface area contributed by atoms with E-state index in [1.165, 1.54) is 11.8 Å². The largest absolute Gasteiger partial charge is 0.497 e. The van der Waals surface area contributed by atoms with Gasteiger partial charge in [0.1, 0.15) is 5.75 Å². The molecule has 0 saturated carbocycles. The number of nitrogens with zero attached hydrogens (tertiary/aromatic N) is 3. The van der Waals surface area contributed by atoms with Crippen LogP contribution in [0.5, 0.6) is 5.75 Å². The minimum atomic E-state index is -0.350. The van der Waals surface area contributed by atoms with Gasteiger partial charge in [-0.05, 0) is 67.8 Å². The van der Waals surface area contributed by atoms with E-state index in [4.69, 9.17) is 16.3 Å².